The van der Waals surface area contributed by atoms with Crippen molar-refractivity contribution in [3.8, 4) is 18.2 Å². The lowest BCUT2D eigenvalue weighted by Gasteiger charge is -2.33. The zero-order chi connectivity index (χ0) is 15.9. The first kappa shape index (κ1) is 15.4. The molecule has 0 aliphatic carbocycles. The number of nitriles is 3. The number of anilines is 2. The Labute approximate surface area is 129 Å². The van der Waals surface area contributed by atoms with Crippen molar-refractivity contribution in [2.24, 2.45) is 11.0 Å². The Hall–Kier alpha value is -3.04. The number of benzene rings is 1. The van der Waals surface area contributed by atoms with Crippen molar-refractivity contribution in [2.75, 3.05) is 23.4 Å². The van der Waals surface area contributed by atoms with Gasteiger partial charge in [-0.05, 0) is 37.0 Å². The summed E-state index contributed by atoms with van der Waals surface area (Å²) in [7, 11) is 0. The molecule has 0 aromatic heterocycles. The van der Waals surface area contributed by atoms with E-state index in [0.717, 1.165) is 25.2 Å². The Bertz CT molecular complexity index is 685. The molecule has 0 saturated carbocycles. The largest absolute Gasteiger partial charge is 0.370 e. The fourth-order valence-corrected chi connectivity index (χ4v) is 2.57. The summed E-state index contributed by atoms with van der Waals surface area (Å²) in [6, 6.07) is 10.9. The maximum Gasteiger partial charge on any atom is 0.237 e. The summed E-state index contributed by atoms with van der Waals surface area (Å²) in [6.45, 7) is 4.12. The minimum atomic E-state index is -0.257. The molecule has 1 saturated heterocycles. The van der Waals surface area contributed by atoms with E-state index in [1.807, 2.05) is 6.07 Å². The highest BCUT2D eigenvalue weighted by Gasteiger charge is 2.19. The smallest absolute Gasteiger partial charge is 0.237 e. The van der Waals surface area contributed by atoms with E-state index in [2.05, 4.69) is 28.4 Å². The molecule has 2 rings (SSSR count). The number of piperidine rings is 1. The molecule has 6 nitrogen and oxygen atoms in total. The predicted molar refractivity (Wildman–Crippen MR) is 84.1 cm³/mol. The van der Waals surface area contributed by atoms with Gasteiger partial charge in [-0.15, -0.1) is 0 Å². The molecule has 22 heavy (non-hydrogen) atoms. The molecule has 110 valence electrons. The highest BCUT2D eigenvalue weighted by Crippen LogP contribution is 2.28. The van der Waals surface area contributed by atoms with Gasteiger partial charge in [-0.1, -0.05) is 6.92 Å². The van der Waals surface area contributed by atoms with E-state index in [0.29, 0.717) is 17.2 Å². The van der Waals surface area contributed by atoms with E-state index in [9.17, 15) is 5.26 Å². The van der Waals surface area contributed by atoms with E-state index in [4.69, 9.17) is 10.5 Å². The normalized spacial score (nSPS) is 16.8. The van der Waals surface area contributed by atoms with Gasteiger partial charge in [0.15, 0.2) is 0 Å². The number of rotatable bonds is 3. The van der Waals surface area contributed by atoms with Crippen molar-refractivity contribution < 1.29 is 0 Å². The van der Waals surface area contributed by atoms with Gasteiger partial charge in [0, 0.05) is 13.1 Å². The molecule has 0 radical (unpaired) electrons. The van der Waals surface area contributed by atoms with E-state index >= 15 is 0 Å². The van der Waals surface area contributed by atoms with Crippen LogP contribution in [-0.2, 0) is 0 Å². The van der Waals surface area contributed by atoms with Crippen LogP contribution in [0.3, 0.4) is 0 Å². The SMILES string of the molecule is CC1CCCN(c2ccc(NN=C(C#N)C#N)cc2C#N)C1. The second-order valence-electron chi connectivity index (χ2n) is 5.33. The summed E-state index contributed by atoms with van der Waals surface area (Å²) in [5, 5.41) is 30.3. The van der Waals surface area contributed by atoms with Crippen LogP contribution in [0.1, 0.15) is 25.3 Å². The first-order valence-electron chi connectivity index (χ1n) is 7.11. The average molecular weight is 292 g/mol. The Morgan fingerprint density at radius 2 is 2.09 bits per heavy atom. The zero-order valence-corrected chi connectivity index (χ0v) is 12.4. The van der Waals surface area contributed by atoms with Crippen LogP contribution in [0.2, 0.25) is 0 Å². The van der Waals surface area contributed by atoms with Crippen LogP contribution in [0.15, 0.2) is 23.3 Å². The second-order valence-corrected chi connectivity index (χ2v) is 5.33. The maximum atomic E-state index is 9.36. The van der Waals surface area contributed by atoms with E-state index in [1.165, 1.54) is 6.42 Å². The lowest BCUT2D eigenvalue weighted by Crippen LogP contribution is -2.34. The summed E-state index contributed by atoms with van der Waals surface area (Å²) < 4.78 is 0. The molecule has 1 atom stereocenters. The number of nitrogens with one attached hydrogen (secondary N) is 1. The molecule has 6 heteroatoms. The van der Waals surface area contributed by atoms with Gasteiger partial charge in [0.25, 0.3) is 0 Å². The van der Waals surface area contributed by atoms with Gasteiger partial charge in [-0.3, -0.25) is 5.43 Å². The number of hydrazone groups is 1. The van der Waals surface area contributed by atoms with Crippen LogP contribution in [0.5, 0.6) is 0 Å². The lowest BCUT2D eigenvalue weighted by atomic mass is 9.99. The predicted octanol–water partition coefficient (Wildman–Crippen LogP) is 2.61. The molecule has 0 spiro atoms. The van der Waals surface area contributed by atoms with Gasteiger partial charge >= 0.3 is 0 Å². The lowest BCUT2D eigenvalue weighted by molar-refractivity contribution is 0.446. The Balaban J connectivity index is 2.22. The number of nitrogens with zero attached hydrogens (tertiary/aromatic N) is 5. The van der Waals surface area contributed by atoms with Gasteiger partial charge in [-0.25, -0.2) is 0 Å². The first-order valence-corrected chi connectivity index (χ1v) is 7.11. The van der Waals surface area contributed by atoms with Gasteiger partial charge in [0.05, 0.1) is 16.9 Å². The van der Waals surface area contributed by atoms with Gasteiger partial charge in [0.2, 0.25) is 5.71 Å². The third-order valence-electron chi connectivity index (χ3n) is 3.62. The summed E-state index contributed by atoms with van der Waals surface area (Å²) >= 11 is 0. The summed E-state index contributed by atoms with van der Waals surface area (Å²) in [5.74, 6) is 0.622. The van der Waals surface area contributed by atoms with Crippen molar-refractivity contribution in [3.63, 3.8) is 0 Å². The van der Waals surface area contributed by atoms with E-state index in [-0.39, 0.29) is 5.71 Å². The van der Waals surface area contributed by atoms with Crippen LogP contribution >= 0.6 is 0 Å². The van der Waals surface area contributed by atoms with Crippen LogP contribution in [0.4, 0.5) is 11.4 Å². The van der Waals surface area contributed by atoms with E-state index < -0.39 is 0 Å². The average Bonchev–Trinajstić information content (AvgIpc) is 2.55. The van der Waals surface area contributed by atoms with Crippen molar-refractivity contribution in [2.45, 2.75) is 19.8 Å². The topological polar surface area (TPSA) is 99.0 Å². The van der Waals surface area contributed by atoms with Crippen LogP contribution in [0, 0.1) is 39.9 Å². The van der Waals surface area contributed by atoms with Gasteiger partial charge in [0.1, 0.15) is 18.2 Å². The van der Waals surface area contributed by atoms with Crippen molar-refractivity contribution >= 4 is 17.1 Å². The Morgan fingerprint density at radius 1 is 1.32 bits per heavy atom. The highest BCUT2D eigenvalue weighted by atomic mass is 15.3. The number of hydrogen-bond acceptors (Lipinski definition) is 6. The molecule has 1 fully saturated rings. The zero-order valence-electron chi connectivity index (χ0n) is 12.4. The minimum absolute atomic E-state index is 0.257. The highest BCUT2D eigenvalue weighted by molar-refractivity contribution is 6.10. The molecule has 1 aliphatic heterocycles. The quantitative estimate of drug-likeness (QED) is 0.682. The van der Waals surface area contributed by atoms with E-state index in [1.54, 1.807) is 24.3 Å². The molecule has 0 bridgehead atoms. The standard InChI is InChI=1S/C16H16N6/c1-12-3-2-6-22(11-12)16-5-4-14(7-13(16)8-17)20-21-15(9-18)10-19/h4-5,7,12,20H,2-3,6,11H2,1H3. The van der Waals surface area contributed by atoms with Gasteiger partial charge < -0.3 is 4.90 Å². The second kappa shape index (κ2) is 7.11. The third kappa shape index (κ3) is 3.53. The Morgan fingerprint density at radius 3 is 2.73 bits per heavy atom. The summed E-state index contributed by atoms with van der Waals surface area (Å²) in [6.07, 6.45) is 2.35. The molecule has 1 aromatic rings. The fourth-order valence-electron chi connectivity index (χ4n) is 2.57. The molecule has 1 aliphatic rings. The van der Waals surface area contributed by atoms with Crippen molar-refractivity contribution in [1.29, 1.82) is 15.8 Å². The van der Waals surface area contributed by atoms with Crippen molar-refractivity contribution in [3.05, 3.63) is 23.8 Å². The maximum absolute atomic E-state index is 9.36. The summed E-state index contributed by atoms with van der Waals surface area (Å²) in [4.78, 5) is 2.23. The molecule has 1 N–H and O–H groups in total. The molecule has 1 aromatic carbocycles. The fraction of sp³-hybridized carbons (Fsp3) is 0.375. The van der Waals surface area contributed by atoms with Crippen LogP contribution < -0.4 is 10.3 Å². The molecular weight excluding hydrogens is 276 g/mol. The molecule has 0 amide bonds. The Kier molecular flexibility index (Phi) is 4.96. The monoisotopic (exact) mass is 292 g/mol. The molecular formula is C16H16N6. The number of hydrogen-bond donors (Lipinski definition) is 1. The minimum Gasteiger partial charge on any atom is -0.370 e. The van der Waals surface area contributed by atoms with Crippen LogP contribution in [0.25, 0.3) is 0 Å². The van der Waals surface area contributed by atoms with Crippen LogP contribution in [-0.4, -0.2) is 18.8 Å². The molecule has 1 unspecified atom stereocenters. The third-order valence-corrected chi connectivity index (χ3v) is 3.62. The van der Waals surface area contributed by atoms with Crippen molar-refractivity contribution in [1.82, 2.24) is 0 Å². The first-order chi connectivity index (χ1) is 10.7. The molecule has 1 heterocycles. The summed E-state index contributed by atoms with van der Waals surface area (Å²) in [5.41, 5.74) is 4.43. The van der Waals surface area contributed by atoms with Gasteiger partial charge in [-0.2, -0.15) is 20.9 Å².